The first-order valence-electron chi connectivity index (χ1n) is 6.32. The summed E-state index contributed by atoms with van der Waals surface area (Å²) in [5.41, 5.74) is -1.05. The van der Waals surface area contributed by atoms with E-state index >= 15 is 0 Å². The number of ether oxygens (including phenoxy) is 1. The Labute approximate surface area is 109 Å². The molecule has 1 aliphatic heterocycles. The van der Waals surface area contributed by atoms with E-state index in [0.717, 1.165) is 0 Å². The number of carbonyl (C=O) groups is 2. The third kappa shape index (κ3) is 3.22. The Morgan fingerprint density at radius 3 is 2.39 bits per heavy atom. The molecule has 1 unspecified atom stereocenters. The van der Waals surface area contributed by atoms with Crippen LogP contribution in [0.25, 0.3) is 0 Å². The number of amides is 2. The van der Waals surface area contributed by atoms with E-state index in [9.17, 15) is 9.59 Å². The van der Waals surface area contributed by atoms with Crippen LogP contribution in [0.5, 0.6) is 0 Å². The van der Waals surface area contributed by atoms with E-state index in [1.807, 2.05) is 20.8 Å². The maximum Gasteiger partial charge on any atom is 0.246 e. The van der Waals surface area contributed by atoms with Crippen molar-refractivity contribution in [2.45, 2.75) is 58.7 Å². The van der Waals surface area contributed by atoms with Crippen LogP contribution >= 0.6 is 0 Å². The second-order valence-corrected chi connectivity index (χ2v) is 6.20. The second kappa shape index (κ2) is 4.88. The van der Waals surface area contributed by atoms with E-state index in [-0.39, 0.29) is 17.4 Å². The second-order valence-electron chi connectivity index (χ2n) is 6.20. The lowest BCUT2D eigenvalue weighted by atomic mass is 9.96. The van der Waals surface area contributed by atoms with Crippen LogP contribution in [-0.4, -0.2) is 47.0 Å². The van der Waals surface area contributed by atoms with Gasteiger partial charge in [-0.3, -0.25) is 9.59 Å². The van der Waals surface area contributed by atoms with Crippen molar-refractivity contribution in [3.63, 3.8) is 0 Å². The Morgan fingerprint density at radius 2 is 1.89 bits per heavy atom. The molecule has 1 saturated heterocycles. The molecular formula is C13H24N2O3. The van der Waals surface area contributed by atoms with Crippen LogP contribution in [0.4, 0.5) is 0 Å². The third-order valence-electron chi connectivity index (χ3n) is 3.06. The van der Waals surface area contributed by atoms with Gasteiger partial charge in [-0.1, -0.05) is 0 Å². The van der Waals surface area contributed by atoms with Crippen molar-refractivity contribution in [1.82, 2.24) is 10.2 Å². The Bertz CT molecular complexity index is 345. The highest BCUT2D eigenvalue weighted by Crippen LogP contribution is 2.21. The minimum atomic E-state index is -0.815. The summed E-state index contributed by atoms with van der Waals surface area (Å²) in [6.45, 7) is 12.0. The number of hydrogen-bond donors (Lipinski definition) is 1. The SMILES string of the molecule is CC1NC(=O)C(C)(C)N(CCOC(C)(C)C)C1=O. The fourth-order valence-electron chi connectivity index (χ4n) is 1.90. The van der Waals surface area contributed by atoms with Gasteiger partial charge in [0.25, 0.3) is 0 Å². The molecule has 0 saturated carbocycles. The quantitative estimate of drug-likeness (QED) is 0.817. The summed E-state index contributed by atoms with van der Waals surface area (Å²) >= 11 is 0. The van der Waals surface area contributed by atoms with Crippen molar-refractivity contribution in [2.24, 2.45) is 0 Å². The topological polar surface area (TPSA) is 58.6 Å². The molecule has 0 aliphatic carbocycles. The molecule has 1 rings (SSSR count). The van der Waals surface area contributed by atoms with Crippen molar-refractivity contribution < 1.29 is 14.3 Å². The molecule has 18 heavy (non-hydrogen) atoms. The largest absolute Gasteiger partial charge is 0.374 e. The Morgan fingerprint density at radius 1 is 1.33 bits per heavy atom. The van der Waals surface area contributed by atoms with Gasteiger partial charge in [-0.25, -0.2) is 0 Å². The summed E-state index contributed by atoms with van der Waals surface area (Å²) in [5.74, 6) is -0.178. The third-order valence-corrected chi connectivity index (χ3v) is 3.06. The number of rotatable bonds is 3. The molecule has 104 valence electrons. The maximum absolute atomic E-state index is 12.1. The summed E-state index contributed by atoms with van der Waals surface area (Å²) in [6.07, 6.45) is 0. The smallest absolute Gasteiger partial charge is 0.246 e. The van der Waals surface area contributed by atoms with E-state index < -0.39 is 11.6 Å². The zero-order valence-electron chi connectivity index (χ0n) is 12.2. The summed E-state index contributed by atoms with van der Waals surface area (Å²) in [5, 5.41) is 2.68. The summed E-state index contributed by atoms with van der Waals surface area (Å²) in [4.78, 5) is 25.6. The van der Waals surface area contributed by atoms with Crippen LogP contribution in [0.15, 0.2) is 0 Å². The summed E-state index contributed by atoms with van der Waals surface area (Å²) < 4.78 is 5.62. The fourth-order valence-corrected chi connectivity index (χ4v) is 1.90. The van der Waals surface area contributed by atoms with Gasteiger partial charge in [-0.2, -0.15) is 0 Å². The zero-order valence-corrected chi connectivity index (χ0v) is 12.2. The van der Waals surface area contributed by atoms with Crippen molar-refractivity contribution in [1.29, 1.82) is 0 Å². The number of piperazine rings is 1. The number of hydrogen-bond acceptors (Lipinski definition) is 3. The molecule has 5 nitrogen and oxygen atoms in total. The first-order valence-corrected chi connectivity index (χ1v) is 6.32. The van der Waals surface area contributed by atoms with Crippen molar-refractivity contribution in [3.05, 3.63) is 0 Å². The molecule has 1 aliphatic rings. The molecule has 0 spiro atoms. The molecule has 0 aromatic heterocycles. The highest BCUT2D eigenvalue weighted by Gasteiger charge is 2.44. The lowest BCUT2D eigenvalue weighted by Crippen LogP contribution is -2.68. The lowest BCUT2D eigenvalue weighted by molar-refractivity contribution is -0.156. The molecule has 1 N–H and O–H groups in total. The number of carbonyl (C=O) groups excluding carboxylic acids is 2. The van der Waals surface area contributed by atoms with Crippen LogP contribution in [-0.2, 0) is 14.3 Å². The molecular weight excluding hydrogens is 232 g/mol. The first-order chi connectivity index (χ1) is 8.05. The van der Waals surface area contributed by atoms with Crippen molar-refractivity contribution >= 4 is 11.8 Å². The molecule has 0 aromatic carbocycles. The Kier molecular flexibility index (Phi) is 4.05. The van der Waals surface area contributed by atoms with Gasteiger partial charge in [0.2, 0.25) is 11.8 Å². The molecule has 1 fully saturated rings. The minimum Gasteiger partial charge on any atom is -0.374 e. The predicted molar refractivity (Wildman–Crippen MR) is 69.1 cm³/mol. The van der Waals surface area contributed by atoms with E-state index in [2.05, 4.69) is 5.32 Å². The Balaban J connectivity index is 2.70. The average Bonchev–Trinajstić information content (AvgIpc) is 2.19. The van der Waals surface area contributed by atoms with E-state index in [4.69, 9.17) is 4.74 Å². The zero-order chi connectivity index (χ0) is 14.1. The predicted octanol–water partition coefficient (Wildman–Crippen LogP) is 0.927. The normalized spacial score (nSPS) is 24.1. The van der Waals surface area contributed by atoms with Crippen LogP contribution in [0.3, 0.4) is 0 Å². The monoisotopic (exact) mass is 256 g/mol. The molecule has 2 amide bonds. The molecule has 1 atom stereocenters. The van der Waals surface area contributed by atoms with Crippen LogP contribution in [0, 0.1) is 0 Å². The first kappa shape index (κ1) is 15.0. The van der Waals surface area contributed by atoms with Gasteiger partial charge in [0.05, 0.1) is 12.2 Å². The Hall–Kier alpha value is -1.10. The minimum absolute atomic E-state index is 0.0582. The molecule has 5 heteroatoms. The van der Waals surface area contributed by atoms with Crippen LogP contribution in [0.2, 0.25) is 0 Å². The average molecular weight is 256 g/mol. The van der Waals surface area contributed by atoms with Gasteiger partial charge in [-0.05, 0) is 41.5 Å². The number of nitrogens with zero attached hydrogens (tertiary/aromatic N) is 1. The van der Waals surface area contributed by atoms with Gasteiger partial charge < -0.3 is 15.0 Å². The standard InChI is InChI=1S/C13H24N2O3/c1-9-10(16)15(7-8-18-12(2,3)4)13(5,6)11(17)14-9/h9H,7-8H2,1-6H3,(H,14,17). The summed E-state index contributed by atoms with van der Waals surface area (Å²) in [6, 6.07) is -0.458. The van der Waals surface area contributed by atoms with Gasteiger partial charge in [0.1, 0.15) is 11.6 Å². The van der Waals surface area contributed by atoms with Crippen molar-refractivity contribution in [3.8, 4) is 0 Å². The summed E-state index contributed by atoms with van der Waals surface area (Å²) in [7, 11) is 0. The van der Waals surface area contributed by atoms with Gasteiger partial charge >= 0.3 is 0 Å². The van der Waals surface area contributed by atoms with E-state index in [1.54, 1.807) is 25.7 Å². The van der Waals surface area contributed by atoms with Gasteiger partial charge in [0, 0.05) is 6.54 Å². The van der Waals surface area contributed by atoms with Gasteiger partial charge in [-0.15, -0.1) is 0 Å². The van der Waals surface area contributed by atoms with Crippen LogP contribution < -0.4 is 5.32 Å². The number of nitrogens with one attached hydrogen (secondary N) is 1. The molecule has 0 aromatic rings. The van der Waals surface area contributed by atoms with E-state index in [1.165, 1.54) is 0 Å². The fraction of sp³-hybridized carbons (Fsp3) is 0.846. The van der Waals surface area contributed by atoms with E-state index in [0.29, 0.717) is 13.2 Å². The van der Waals surface area contributed by atoms with Crippen LogP contribution in [0.1, 0.15) is 41.5 Å². The molecule has 0 bridgehead atoms. The van der Waals surface area contributed by atoms with Crippen molar-refractivity contribution in [2.75, 3.05) is 13.2 Å². The highest BCUT2D eigenvalue weighted by atomic mass is 16.5. The molecule has 0 radical (unpaired) electrons. The lowest BCUT2D eigenvalue weighted by Gasteiger charge is -2.43. The van der Waals surface area contributed by atoms with Gasteiger partial charge in [0.15, 0.2) is 0 Å². The highest BCUT2D eigenvalue weighted by molar-refractivity contribution is 5.99. The molecule has 1 heterocycles. The maximum atomic E-state index is 12.1.